The van der Waals surface area contributed by atoms with Crippen molar-refractivity contribution in [3.63, 3.8) is 0 Å². The van der Waals surface area contributed by atoms with Crippen LogP contribution in [-0.2, 0) is 34.4 Å². The van der Waals surface area contributed by atoms with Crippen LogP contribution in [0.25, 0.3) is 0 Å². The molecule has 1 amide bonds. The molecule has 12 heteroatoms. The second-order valence-electron chi connectivity index (χ2n) is 7.74. The molecule has 1 N–H and O–H groups in total. The molecular formula is C19H27N3O7S2. The maximum Gasteiger partial charge on any atom is 0.325 e. The number of ether oxygens (including phenoxy) is 1. The molecule has 0 saturated carbocycles. The van der Waals surface area contributed by atoms with Gasteiger partial charge < -0.3 is 10.1 Å². The van der Waals surface area contributed by atoms with Gasteiger partial charge in [0.2, 0.25) is 20.0 Å². The summed E-state index contributed by atoms with van der Waals surface area (Å²) in [4.78, 5) is 24.9. The van der Waals surface area contributed by atoms with Crippen molar-refractivity contribution in [3.8, 4) is 0 Å². The predicted octanol–water partition coefficient (Wildman–Crippen LogP) is 0.765. The molecule has 0 bridgehead atoms. The van der Waals surface area contributed by atoms with Crippen LogP contribution in [0.1, 0.15) is 32.6 Å². The number of amides is 1. The van der Waals surface area contributed by atoms with Crippen molar-refractivity contribution in [1.82, 2.24) is 8.61 Å². The molecule has 31 heavy (non-hydrogen) atoms. The van der Waals surface area contributed by atoms with E-state index in [0.29, 0.717) is 31.6 Å². The maximum atomic E-state index is 12.6. The summed E-state index contributed by atoms with van der Waals surface area (Å²) >= 11 is 0. The fraction of sp³-hybridized carbons (Fsp3) is 0.579. The van der Waals surface area contributed by atoms with Crippen molar-refractivity contribution in [2.75, 3.05) is 31.2 Å². The van der Waals surface area contributed by atoms with Gasteiger partial charge in [0.1, 0.15) is 6.04 Å². The zero-order valence-electron chi connectivity index (χ0n) is 17.5. The summed E-state index contributed by atoms with van der Waals surface area (Å²) < 4.78 is 56.4. The first kappa shape index (κ1) is 23.6. The van der Waals surface area contributed by atoms with Gasteiger partial charge in [0.15, 0.2) is 6.10 Å². The normalized spacial score (nSPS) is 21.7. The Morgan fingerprint density at radius 3 is 2.23 bits per heavy atom. The number of nitrogens with zero attached hydrogens (tertiary/aromatic N) is 2. The molecular weight excluding hydrogens is 446 g/mol. The lowest BCUT2D eigenvalue weighted by Gasteiger charge is -2.22. The van der Waals surface area contributed by atoms with Gasteiger partial charge in [-0.25, -0.2) is 16.8 Å². The van der Waals surface area contributed by atoms with E-state index in [9.17, 15) is 26.4 Å². The molecule has 1 aromatic carbocycles. The number of anilines is 1. The lowest BCUT2D eigenvalue weighted by Crippen LogP contribution is -2.43. The zero-order valence-corrected chi connectivity index (χ0v) is 19.1. The molecule has 3 rings (SSSR count). The summed E-state index contributed by atoms with van der Waals surface area (Å²) in [6.45, 7) is 2.63. The molecule has 0 aromatic heterocycles. The minimum Gasteiger partial charge on any atom is -0.451 e. The van der Waals surface area contributed by atoms with Gasteiger partial charge in [0.05, 0.1) is 11.2 Å². The average molecular weight is 474 g/mol. The first-order valence-corrected chi connectivity index (χ1v) is 13.4. The number of carbonyl (C=O) groups is 2. The van der Waals surface area contributed by atoms with Gasteiger partial charge in [-0.05, 0) is 56.9 Å². The van der Waals surface area contributed by atoms with Crippen molar-refractivity contribution < 1.29 is 31.2 Å². The van der Waals surface area contributed by atoms with E-state index in [2.05, 4.69) is 5.32 Å². The van der Waals surface area contributed by atoms with Crippen LogP contribution in [0.3, 0.4) is 0 Å². The topological polar surface area (TPSA) is 130 Å². The fourth-order valence-corrected chi connectivity index (χ4v) is 6.34. The highest BCUT2D eigenvalue weighted by atomic mass is 32.2. The van der Waals surface area contributed by atoms with E-state index in [1.54, 1.807) is 0 Å². The van der Waals surface area contributed by atoms with Gasteiger partial charge in [-0.15, -0.1) is 0 Å². The average Bonchev–Trinajstić information content (AvgIpc) is 3.40. The first-order valence-electron chi connectivity index (χ1n) is 10.1. The van der Waals surface area contributed by atoms with Crippen LogP contribution >= 0.6 is 0 Å². The van der Waals surface area contributed by atoms with E-state index in [1.165, 1.54) is 35.5 Å². The molecule has 0 spiro atoms. The largest absolute Gasteiger partial charge is 0.451 e. The molecule has 2 heterocycles. The number of rotatable bonds is 7. The molecule has 0 unspecified atom stereocenters. The highest BCUT2D eigenvalue weighted by molar-refractivity contribution is 7.89. The molecule has 2 aliphatic rings. The van der Waals surface area contributed by atoms with Crippen LogP contribution in [0.5, 0.6) is 0 Å². The van der Waals surface area contributed by atoms with E-state index >= 15 is 0 Å². The van der Waals surface area contributed by atoms with Gasteiger partial charge in [-0.3, -0.25) is 9.59 Å². The Morgan fingerprint density at radius 2 is 1.65 bits per heavy atom. The van der Waals surface area contributed by atoms with Crippen molar-refractivity contribution in [1.29, 1.82) is 0 Å². The summed E-state index contributed by atoms with van der Waals surface area (Å²) in [5.74, 6) is -1.37. The van der Waals surface area contributed by atoms with Crippen molar-refractivity contribution in [3.05, 3.63) is 24.3 Å². The van der Waals surface area contributed by atoms with E-state index in [0.717, 1.165) is 23.4 Å². The first-order chi connectivity index (χ1) is 14.5. The maximum absolute atomic E-state index is 12.6. The lowest BCUT2D eigenvalue weighted by atomic mass is 10.2. The van der Waals surface area contributed by atoms with Crippen molar-refractivity contribution >= 4 is 37.6 Å². The smallest absolute Gasteiger partial charge is 0.325 e. The Morgan fingerprint density at radius 1 is 1.03 bits per heavy atom. The molecule has 2 fully saturated rings. The molecule has 0 aliphatic carbocycles. The molecule has 1 aromatic rings. The van der Waals surface area contributed by atoms with E-state index in [1.807, 2.05) is 0 Å². The molecule has 0 radical (unpaired) electrons. The van der Waals surface area contributed by atoms with Crippen LogP contribution in [0.2, 0.25) is 0 Å². The Hall–Kier alpha value is -2.02. The SMILES string of the molecule is C[C@@H](OC(=O)[C@H]1CCCN1S(C)(=O)=O)C(=O)Nc1ccc(S(=O)(=O)N2CCCC2)cc1. The Labute approximate surface area is 182 Å². The fourth-order valence-electron chi connectivity index (χ4n) is 3.71. The van der Waals surface area contributed by atoms with Crippen LogP contribution in [0.15, 0.2) is 29.2 Å². The van der Waals surface area contributed by atoms with E-state index in [-0.39, 0.29) is 11.4 Å². The highest BCUT2D eigenvalue weighted by Crippen LogP contribution is 2.23. The second kappa shape index (κ2) is 9.23. The van der Waals surface area contributed by atoms with Crippen LogP contribution in [0, 0.1) is 0 Å². The summed E-state index contributed by atoms with van der Waals surface area (Å²) in [6.07, 6.45) is 2.44. The molecule has 2 aliphatic heterocycles. The Kier molecular flexibility index (Phi) is 7.04. The van der Waals surface area contributed by atoms with Gasteiger partial charge in [-0.1, -0.05) is 0 Å². The lowest BCUT2D eigenvalue weighted by molar-refractivity contribution is -0.156. The summed E-state index contributed by atoms with van der Waals surface area (Å²) in [6, 6.07) is 4.85. The number of benzene rings is 1. The van der Waals surface area contributed by atoms with E-state index < -0.39 is 44.1 Å². The molecule has 172 valence electrons. The number of nitrogens with one attached hydrogen (secondary N) is 1. The Balaban J connectivity index is 1.59. The van der Waals surface area contributed by atoms with E-state index in [4.69, 9.17) is 4.74 Å². The minimum absolute atomic E-state index is 0.147. The number of sulfonamides is 2. The van der Waals surface area contributed by atoms with Gasteiger partial charge in [-0.2, -0.15) is 8.61 Å². The van der Waals surface area contributed by atoms with Gasteiger partial charge in [0.25, 0.3) is 5.91 Å². The third-order valence-corrected chi connectivity index (χ3v) is 8.59. The third-order valence-electron chi connectivity index (χ3n) is 5.39. The quantitative estimate of drug-likeness (QED) is 0.579. The predicted molar refractivity (Wildman–Crippen MR) is 113 cm³/mol. The molecule has 2 atom stereocenters. The standard InChI is InChI=1S/C19H27N3O7S2/c1-14(29-19(24)17-6-5-13-22(17)30(2,25)26)18(23)20-15-7-9-16(10-8-15)31(27,28)21-11-3-4-12-21/h7-10,14,17H,3-6,11-13H2,1-2H3,(H,20,23)/t14-,17-/m1/s1. The van der Waals surface area contributed by atoms with Crippen LogP contribution in [0.4, 0.5) is 5.69 Å². The van der Waals surface area contributed by atoms with Crippen molar-refractivity contribution in [2.45, 2.75) is 49.6 Å². The number of esters is 1. The summed E-state index contributed by atoms with van der Waals surface area (Å²) in [7, 11) is -7.09. The highest BCUT2D eigenvalue weighted by Gasteiger charge is 2.38. The van der Waals surface area contributed by atoms with Crippen LogP contribution in [-0.4, -0.2) is 75.4 Å². The van der Waals surface area contributed by atoms with Gasteiger partial charge in [0, 0.05) is 25.3 Å². The number of carbonyl (C=O) groups excluding carboxylic acids is 2. The van der Waals surface area contributed by atoms with Gasteiger partial charge >= 0.3 is 5.97 Å². The number of hydrogen-bond acceptors (Lipinski definition) is 7. The third kappa shape index (κ3) is 5.43. The van der Waals surface area contributed by atoms with Crippen LogP contribution < -0.4 is 5.32 Å². The molecule has 10 nitrogen and oxygen atoms in total. The summed E-state index contributed by atoms with van der Waals surface area (Å²) in [5.41, 5.74) is 0.354. The monoisotopic (exact) mass is 473 g/mol. The molecule has 2 saturated heterocycles. The Bertz CT molecular complexity index is 1030. The minimum atomic E-state index is -3.55. The van der Waals surface area contributed by atoms with Crippen molar-refractivity contribution in [2.24, 2.45) is 0 Å². The zero-order chi connectivity index (χ0) is 22.8. The number of hydrogen-bond donors (Lipinski definition) is 1. The second-order valence-corrected chi connectivity index (χ2v) is 11.6. The summed E-state index contributed by atoms with van der Waals surface area (Å²) in [5, 5.41) is 2.57.